The van der Waals surface area contributed by atoms with Gasteiger partial charge in [0.05, 0.1) is 18.5 Å². The van der Waals surface area contributed by atoms with Gasteiger partial charge in [-0.1, -0.05) is 11.6 Å². The maximum absolute atomic E-state index is 5.27. The predicted octanol–water partition coefficient (Wildman–Crippen LogP) is 4.53. The number of aromatic amines is 1. The number of imidazole rings is 1. The summed E-state index contributed by atoms with van der Waals surface area (Å²) in [4.78, 5) is 20.0. The van der Waals surface area contributed by atoms with Crippen LogP contribution in [-0.2, 0) is 6.42 Å². The molecule has 1 aliphatic heterocycles. The Morgan fingerprint density at radius 2 is 1.83 bits per heavy atom. The molecule has 1 N–H and O–H groups in total. The lowest BCUT2D eigenvalue weighted by molar-refractivity contribution is 0.415. The van der Waals surface area contributed by atoms with Crippen LogP contribution in [0.5, 0.6) is 5.75 Å². The topological polar surface area (TPSA) is 66.9 Å². The van der Waals surface area contributed by atoms with E-state index < -0.39 is 0 Å². The number of hydrogen-bond donors (Lipinski definition) is 1. The van der Waals surface area contributed by atoms with Crippen molar-refractivity contribution in [2.75, 3.05) is 25.1 Å². The number of aromatic nitrogens is 4. The van der Waals surface area contributed by atoms with Crippen molar-refractivity contribution in [2.45, 2.75) is 39.0 Å². The number of anilines is 1. The first-order chi connectivity index (χ1) is 14.6. The molecule has 154 valence electrons. The van der Waals surface area contributed by atoms with Crippen LogP contribution in [0.15, 0.2) is 36.2 Å². The van der Waals surface area contributed by atoms with Gasteiger partial charge < -0.3 is 14.6 Å². The van der Waals surface area contributed by atoms with E-state index in [0.29, 0.717) is 5.92 Å². The number of nitrogens with one attached hydrogen (secondary N) is 1. The van der Waals surface area contributed by atoms with Gasteiger partial charge in [0.2, 0.25) is 0 Å². The fraction of sp³-hybridized carbons (Fsp3) is 0.375. The fourth-order valence-corrected chi connectivity index (χ4v) is 4.60. The third-order valence-electron chi connectivity index (χ3n) is 6.23. The monoisotopic (exact) mass is 401 g/mol. The molecular formula is C24H27N5O. The average molecular weight is 402 g/mol. The van der Waals surface area contributed by atoms with Crippen molar-refractivity contribution in [1.82, 2.24) is 19.9 Å². The Morgan fingerprint density at radius 3 is 2.57 bits per heavy atom. The first-order valence-corrected chi connectivity index (χ1v) is 10.6. The minimum Gasteiger partial charge on any atom is -0.497 e. The molecule has 5 rings (SSSR count). The Kier molecular flexibility index (Phi) is 4.77. The van der Waals surface area contributed by atoms with Crippen LogP contribution in [0.2, 0.25) is 0 Å². The molecule has 0 amide bonds. The van der Waals surface area contributed by atoms with E-state index >= 15 is 0 Å². The van der Waals surface area contributed by atoms with E-state index in [0.717, 1.165) is 72.4 Å². The van der Waals surface area contributed by atoms with Gasteiger partial charge in [0.1, 0.15) is 23.7 Å². The molecule has 0 spiro atoms. The molecule has 1 saturated heterocycles. The van der Waals surface area contributed by atoms with Crippen LogP contribution < -0.4 is 9.64 Å². The summed E-state index contributed by atoms with van der Waals surface area (Å²) in [5, 5.41) is 0. The van der Waals surface area contributed by atoms with Crippen LogP contribution in [0.4, 0.5) is 5.82 Å². The van der Waals surface area contributed by atoms with Crippen LogP contribution in [0, 0.1) is 6.92 Å². The van der Waals surface area contributed by atoms with Crippen LogP contribution in [0.25, 0.3) is 17.3 Å². The zero-order valence-corrected chi connectivity index (χ0v) is 17.8. The quantitative estimate of drug-likeness (QED) is 0.696. The number of fused-ring (bicyclic) bond motifs is 1. The van der Waals surface area contributed by atoms with Gasteiger partial charge >= 0.3 is 0 Å². The molecule has 0 bridgehead atoms. The molecule has 6 heteroatoms. The first-order valence-electron chi connectivity index (χ1n) is 10.6. The molecule has 0 unspecified atom stereocenters. The Morgan fingerprint density at radius 1 is 1.07 bits per heavy atom. The third kappa shape index (κ3) is 3.36. The van der Waals surface area contributed by atoms with Crippen LogP contribution in [0.1, 0.15) is 48.5 Å². The van der Waals surface area contributed by atoms with Crippen molar-refractivity contribution in [3.63, 3.8) is 0 Å². The maximum Gasteiger partial charge on any atom is 0.139 e. The summed E-state index contributed by atoms with van der Waals surface area (Å²) < 4.78 is 5.27. The van der Waals surface area contributed by atoms with E-state index in [9.17, 15) is 0 Å². The summed E-state index contributed by atoms with van der Waals surface area (Å²) in [5.74, 6) is 3.49. The molecule has 2 aliphatic rings. The lowest BCUT2D eigenvalue weighted by Crippen LogP contribution is -2.34. The molecule has 2 aromatic heterocycles. The Labute approximate surface area is 177 Å². The molecule has 30 heavy (non-hydrogen) atoms. The zero-order valence-electron chi connectivity index (χ0n) is 17.8. The summed E-state index contributed by atoms with van der Waals surface area (Å²) in [5.41, 5.74) is 7.00. The number of methoxy groups -OCH3 is 1. The summed E-state index contributed by atoms with van der Waals surface area (Å²) in [6, 6.07) is 8.11. The van der Waals surface area contributed by atoms with Gasteiger partial charge in [-0.25, -0.2) is 15.0 Å². The molecule has 0 saturated carbocycles. The van der Waals surface area contributed by atoms with Gasteiger partial charge in [-0.3, -0.25) is 0 Å². The highest BCUT2D eigenvalue weighted by Crippen LogP contribution is 2.35. The normalized spacial score (nSPS) is 16.5. The van der Waals surface area contributed by atoms with E-state index in [1.165, 1.54) is 11.1 Å². The van der Waals surface area contributed by atoms with Gasteiger partial charge in [0.25, 0.3) is 0 Å². The van der Waals surface area contributed by atoms with Crippen LogP contribution in [-0.4, -0.2) is 40.1 Å². The lowest BCUT2D eigenvalue weighted by Gasteiger charge is -2.32. The Balaban J connectivity index is 1.31. The summed E-state index contributed by atoms with van der Waals surface area (Å²) in [6.45, 7) is 6.23. The predicted molar refractivity (Wildman–Crippen MR) is 119 cm³/mol. The SMILES string of the molecule is COc1ccc(-c2nc(C3CCN(c4ncnc5c4C=C(C)C5)CC3)[nH]c2C)cc1. The Hall–Kier alpha value is -3.15. The van der Waals surface area contributed by atoms with Crippen molar-refractivity contribution < 1.29 is 4.74 Å². The number of ether oxygens (including phenoxy) is 1. The van der Waals surface area contributed by atoms with Gasteiger partial charge in [0.15, 0.2) is 0 Å². The molecule has 6 nitrogen and oxygen atoms in total. The standard InChI is InChI=1S/C24H27N5O/c1-15-12-20-21(13-15)25-14-26-24(20)29-10-8-18(9-11-29)23-27-16(2)22(28-23)17-4-6-19(30-3)7-5-17/h4-7,12,14,18H,8-11,13H2,1-3H3,(H,27,28). The molecule has 0 atom stereocenters. The van der Waals surface area contributed by atoms with Gasteiger partial charge in [-0.2, -0.15) is 0 Å². The van der Waals surface area contributed by atoms with Gasteiger partial charge in [0, 0.05) is 42.2 Å². The zero-order chi connectivity index (χ0) is 20.7. The number of piperidine rings is 1. The lowest BCUT2D eigenvalue weighted by atomic mass is 9.96. The second kappa shape index (κ2) is 7.59. The fourth-order valence-electron chi connectivity index (χ4n) is 4.60. The summed E-state index contributed by atoms with van der Waals surface area (Å²) in [6.07, 6.45) is 7.03. The maximum atomic E-state index is 5.27. The molecule has 3 aromatic rings. The molecule has 1 aromatic carbocycles. The third-order valence-corrected chi connectivity index (χ3v) is 6.23. The van der Waals surface area contributed by atoms with Gasteiger partial charge in [-0.05, 0) is 51.0 Å². The average Bonchev–Trinajstić information content (AvgIpc) is 3.35. The second-order valence-corrected chi connectivity index (χ2v) is 8.31. The van der Waals surface area contributed by atoms with Crippen molar-refractivity contribution in [3.8, 4) is 17.0 Å². The minimum atomic E-state index is 0.444. The summed E-state index contributed by atoms with van der Waals surface area (Å²) >= 11 is 0. The number of benzene rings is 1. The first kappa shape index (κ1) is 18.9. The van der Waals surface area contributed by atoms with E-state index in [4.69, 9.17) is 9.72 Å². The van der Waals surface area contributed by atoms with Crippen LogP contribution in [0.3, 0.4) is 0 Å². The van der Waals surface area contributed by atoms with E-state index in [1.54, 1.807) is 13.4 Å². The van der Waals surface area contributed by atoms with E-state index in [2.05, 4.69) is 51.9 Å². The molecule has 1 aliphatic carbocycles. The van der Waals surface area contributed by atoms with E-state index in [-0.39, 0.29) is 0 Å². The molecule has 0 radical (unpaired) electrons. The molecular weight excluding hydrogens is 374 g/mol. The highest BCUT2D eigenvalue weighted by molar-refractivity contribution is 5.71. The second-order valence-electron chi connectivity index (χ2n) is 8.31. The summed E-state index contributed by atoms with van der Waals surface area (Å²) in [7, 11) is 1.69. The van der Waals surface area contributed by atoms with Gasteiger partial charge in [-0.15, -0.1) is 0 Å². The van der Waals surface area contributed by atoms with E-state index in [1.807, 2.05) is 12.1 Å². The molecule has 3 heterocycles. The van der Waals surface area contributed by atoms with Crippen molar-refractivity contribution in [1.29, 1.82) is 0 Å². The number of nitrogens with zero attached hydrogens (tertiary/aromatic N) is 4. The number of H-pyrrole nitrogens is 1. The number of hydrogen-bond acceptors (Lipinski definition) is 5. The Bertz CT molecular complexity index is 1090. The highest BCUT2D eigenvalue weighted by atomic mass is 16.5. The minimum absolute atomic E-state index is 0.444. The number of rotatable bonds is 4. The number of allylic oxidation sites excluding steroid dienone is 1. The highest BCUT2D eigenvalue weighted by Gasteiger charge is 2.27. The smallest absolute Gasteiger partial charge is 0.139 e. The largest absolute Gasteiger partial charge is 0.497 e. The molecule has 1 fully saturated rings. The van der Waals surface area contributed by atoms with Crippen molar-refractivity contribution in [3.05, 3.63) is 58.9 Å². The van der Waals surface area contributed by atoms with Crippen molar-refractivity contribution >= 4 is 11.9 Å². The van der Waals surface area contributed by atoms with Crippen LogP contribution >= 0.6 is 0 Å². The van der Waals surface area contributed by atoms with Crippen molar-refractivity contribution in [2.24, 2.45) is 0 Å². The number of aryl methyl sites for hydroxylation is 1.